The second kappa shape index (κ2) is 15.9. The lowest BCUT2D eigenvalue weighted by Crippen LogP contribution is -2.45. The highest BCUT2D eigenvalue weighted by molar-refractivity contribution is 7.90. The van der Waals surface area contributed by atoms with E-state index in [9.17, 15) is 18.0 Å². The van der Waals surface area contributed by atoms with E-state index in [0.29, 0.717) is 49.3 Å². The molecule has 1 N–H and O–H groups in total. The third kappa shape index (κ3) is 8.63. The van der Waals surface area contributed by atoms with Gasteiger partial charge in [-0.1, -0.05) is 36.7 Å². The van der Waals surface area contributed by atoms with Gasteiger partial charge in [0.2, 0.25) is 15.9 Å². The van der Waals surface area contributed by atoms with Crippen molar-refractivity contribution in [1.29, 1.82) is 0 Å². The first-order chi connectivity index (χ1) is 23.6. The standard InChI is InChI=1S/C38H50ClN3O6S/c1-26-8-7-10-35(47-21-20-41-18-6-4-11-37(41)43)33-16-13-30(33)24-42-19-5-3-9-28-22-32(39)15-12-31(28)25-48-36-17-14-29(23-34(36)42)38(44)40-49(45,46)27(26)2/h7,10,12,14-15,17,22-23,26-27,30,33,35H,3-6,8-9,11,13,16,18-21,24-25H2,1-2H3,(H,40,44)/b10-7+/t26-,27+,30-,33+,35-/m0/s1. The molecule has 3 heterocycles. The molecule has 49 heavy (non-hydrogen) atoms. The van der Waals surface area contributed by atoms with Gasteiger partial charge in [0.1, 0.15) is 12.4 Å². The van der Waals surface area contributed by atoms with Crippen molar-refractivity contribution >= 4 is 39.1 Å². The first-order valence-electron chi connectivity index (χ1n) is 18.0. The van der Waals surface area contributed by atoms with Gasteiger partial charge in [0.15, 0.2) is 0 Å². The van der Waals surface area contributed by atoms with Gasteiger partial charge in [-0.25, -0.2) is 13.1 Å². The number of fused-ring (bicyclic) bond motifs is 3. The third-order valence-corrected chi connectivity index (χ3v) is 13.2. The van der Waals surface area contributed by atoms with Gasteiger partial charge in [-0.2, -0.15) is 0 Å². The number of likely N-dealkylation sites (tertiary alicyclic amines) is 1. The number of benzene rings is 2. The van der Waals surface area contributed by atoms with E-state index in [0.717, 1.165) is 75.8 Å². The number of nitrogens with one attached hydrogen (secondary N) is 1. The molecule has 0 unspecified atom stereocenters. The average molecular weight is 712 g/mol. The molecule has 6 rings (SSSR count). The van der Waals surface area contributed by atoms with Crippen LogP contribution in [0.5, 0.6) is 5.75 Å². The van der Waals surface area contributed by atoms with Gasteiger partial charge in [0.05, 0.1) is 23.6 Å². The van der Waals surface area contributed by atoms with Gasteiger partial charge in [0.25, 0.3) is 5.91 Å². The number of carbonyl (C=O) groups excluding carboxylic acids is 2. The van der Waals surface area contributed by atoms with E-state index in [1.54, 1.807) is 25.1 Å². The molecular weight excluding hydrogens is 662 g/mol. The van der Waals surface area contributed by atoms with E-state index in [1.807, 2.05) is 36.1 Å². The third-order valence-electron chi connectivity index (χ3n) is 11.0. The number of allylic oxidation sites excluding steroid dienone is 1. The zero-order valence-electron chi connectivity index (χ0n) is 28.7. The Labute approximate surface area is 296 Å². The fraction of sp³-hybridized carbons (Fsp3) is 0.579. The maximum Gasteiger partial charge on any atom is 0.264 e. The number of hydrogen-bond acceptors (Lipinski definition) is 7. The number of anilines is 1. The van der Waals surface area contributed by atoms with Crippen LogP contribution in [0.25, 0.3) is 0 Å². The second-order valence-electron chi connectivity index (χ2n) is 14.3. The van der Waals surface area contributed by atoms with Crippen LogP contribution in [0.3, 0.4) is 0 Å². The first kappa shape index (κ1) is 35.7. The molecule has 2 aromatic carbocycles. The minimum absolute atomic E-state index is 0.143. The van der Waals surface area contributed by atoms with Gasteiger partial charge >= 0.3 is 0 Å². The summed E-state index contributed by atoms with van der Waals surface area (Å²) in [6.45, 7) is 7.25. The molecule has 266 valence electrons. The molecule has 1 saturated carbocycles. The van der Waals surface area contributed by atoms with Gasteiger partial charge in [-0.15, -0.1) is 0 Å². The summed E-state index contributed by atoms with van der Waals surface area (Å²) >= 11 is 6.36. The Morgan fingerprint density at radius 3 is 2.59 bits per heavy atom. The summed E-state index contributed by atoms with van der Waals surface area (Å²) in [5, 5.41) is -0.0815. The van der Waals surface area contributed by atoms with Gasteiger partial charge < -0.3 is 19.3 Å². The van der Waals surface area contributed by atoms with E-state index in [2.05, 4.69) is 15.7 Å². The Morgan fingerprint density at radius 2 is 1.80 bits per heavy atom. The lowest BCUT2D eigenvalue weighted by atomic mass is 9.70. The van der Waals surface area contributed by atoms with E-state index in [1.165, 1.54) is 5.56 Å². The molecule has 2 amide bonds. The molecule has 2 bridgehead atoms. The zero-order chi connectivity index (χ0) is 34.5. The Balaban J connectivity index is 1.31. The summed E-state index contributed by atoms with van der Waals surface area (Å²) in [7, 11) is -3.95. The van der Waals surface area contributed by atoms with Crippen LogP contribution in [0, 0.1) is 17.8 Å². The van der Waals surface area contributed by atoms with Crippen LogP contribution in [0.4, 0.5) is 5.69 Å². The number of piperidine rings is 1. The number of hydrogen-bond donors (Lipinski definition) is 1. The van der Waals surface area contributed by atoms with Crippen molar-refractivity contribution in [2.45, 2.75) is 89.6 Å². The van der Waals surface area contributed by atoms with Crippen LogP contribution in [0.1, 0.15) is 86.7 Å². The topological polar surface area (TPSA) is 105 Å². The first-order valence-corrected chi connectivity index (χ1v) is 19.9. The van der Waals surface area contributed by atoms with E-state index in [4.69, 9.17) is 21.1 Å². The Hall–Kier alpha value is -3.08. The molecule has 11 heteroatoms. The summed E-state index contributed by atoms with van der Waals surface area (Å²) in [6, 6.07) is 11.1. The smallest absolute Gasteiger partial charge is 0.264 e. The van der Waals surface area contributed by atoms with E-state index in [-0.39, 0.29) is 29.4 Å². The maximum absolute atomic E-state index is 13.5. The molecule has 2 aromatic rings. The Morgan fingerprint density at radius 1 is 0.980 bits per heavy atom. The van der Waals surface area contributed by atoms with Crippen LogP contribution in [-0.2, 0) is 32.6 Å². The van der Waals surface area contributed by atoms with Crippen LogP contribution in [0.2, 0.25) is 5.02 Å². The molecule has 1 saturated heterocycles. The van der Waals surface area contributed by atoms with Crippen molar-refractivity contribution in [3.63, 3.8) is 0 Å². The minimum Gasteiger partial charge on any atom is -0.487 e. The Bertz CT molecular complexity index is 1650. The van der Waals surface area contributed by atoms with Gasteiger partial charge in [-0.3, -0.25) is 9.59 Å². The molecular formula is C38H50ClN3O6S. The zero-order valence-corrected chi connectivity index (χ0v) is 30.3. The van der Waals surface area contributed by atoms with Crippen LogP contribution in [0.15, 0.2) is 48.6 Å². The molecule has 3 aliphatic heterocycles. The molecule has 9 nitrogen and oxygen atoms in total. The van der Waals surface area contributed by atoms with E-state index < -0.39 is 21.2 Å². The number of amides is 2. The predicted molar refractivity (Wildman–Crippen MR) is 193 cm³/mol. The fourth-order valence-electron chi connectivity index (χ4n) is 7.54. The monoisotopic (exact) mass is 711 g/mol. The quantitative estimate of drug-likeness (QED) is 0.360. The van der Waals surface area contributed by atoms with Crippen LogP contribution in [-0.4, -0.2) is 69.3 Å². The fourth-order valence-corrected chi connectivity index (χ4v) is 9.02. The maximum atomic E-state index is 13.5. The molecule has 0 radical (unpaired) electrons. The van der Waals surface area contributed by atoms with Gasteiger partial charge in [0, 0.05) is 43.2 Å². The summed E-state index contributed by atoms with van der Waals surface area (Å²) < 4.78 is 42.2. The van der Waals surface area contributed by atoms with Crippen molar-refractivity contribution in [1.82, 2.24) is 9.62 Å². The number of rotatable bonds is 4. The number of sulfonamides is 1. The lowest BCUT2D eigenvalue weighted by molar-refractivity contribution is -0.134. The number of halogens is 1. The van der Waals surface area contributed by atoms with Crippen molar-refractivity contribution in [2.75, 3.05) is 37.7 Å². The molecule has 1 aliphatic carbocycles. The normalized spacial score (nSPS) is 28.5. The summed E-state index contributed by atoms with van der Waals surface area (Å²) in [5.41, 5.74) is 3.32. The van der Waals surface area contributed by atoms with Crippen molar-refractivity contribution < 1.29 is 27.5 Å². The van der Waals surface area contributed by atoms with Crippen LogP contribution >= 0.6 is 11.6 Å². The van der Waals surface area contributed by atoms with Crippen LogP contribution < -0.4 is 14.4 Å². The number of carbonyl (C=O) groups is 2. The lowest BCUT2D eigenvalue weighted by Gasteiger charge is -2.44. The highest BCUT2D eigenvalue weighted by Gasteiger charge is 2.38. The van der Waals surface area contributed by atoms with Crippen molar-refractivity contribution in [3.05, 3.63) is 70.3 Å². The molecule has 4 aliphatic rings. The summed E-state index contributed by atoms with van der Waals surface area (Å²) in [5.74, 6) is 0.612. The minimum atomic E-state index is -3.95. The summed E-state index contributed by atoms with van der Waals surface area (Å²) in [6.07, 6.45) is 12.0. The predicted octanol–water partition coefficient (Wildman–Crippen LogP) is 6.53. The SMILES string of the molecule is C[C@@H]1[C@@H](C)C/C=C/[C@H](OCCN2CCCCC2=O)[C@@H]2CC[C@H]2CN2CCCCc3cc(Cl)ccc3COc3ccc(cc32)C(=O)NS1(=O)=O. The number of nitrogens with zero attached hydrogens (tertiary/aromatic N) is 2. The van der Waals surface area contributed by atoms with E-state index >= 15 is 0 Å². The number of aryl methyl sites for hydroxylation is 1. The van der Waals surface area contributed by atoms with Gasteiger partial charge in [-0.05, 0) is 118 Å². The number of ether oxygens (including phenoxy) is 2. The average Bonchev–Trinajstić information content (AvgIpc) is 3.09. The highest BCUT2D eigenvalue weighted by Crippen LogP contribution is 2.42. The largest absolute Gasteiger partial charge is 0.487 e. The molecule has 0 spiro atoms. The van der Waals surface area contributed by atoms with Crippen molar-refractivity contribution in [2.24, 2.45) is 17.8 Å². The molecule has 2 fully saturated rings. The molecule has 5 atom stereocenters. The second-order valence-corrected chi connectivity index (χ2v) is 16.8. The highest BCUT2D eigenvalue weighted by atomic mass is 35.5. The molecule has 0 aromatic heterocycles. The Kier molecular flexibility index (Phi) is 11.6. The van der Waals surface area contributed by atoms with Crippen molar-refractivity contribution in [3.8, 4) is 5.75 Å². The summed E-state index contributed by atoms with van der Waals surface area (Å²) in [4.78, 5) is 30.2.